The van der Waals surface area contributed by atoms with Gasteiger partial charge in [0.05, 0.1) is 23.8 Å². The van der Waals surface area contributed by atoms with Crippen molar-refractivity contribution in [3.63, 3.8) is 0 Å². The normalized spacial score (nSPS) is 19.5. The van der Waals surface area contributed by atoms with E-state index in [0.29, 0.717) is 82.0 Å². The predicted molar refractivity (Wildman–Crippen MR) is 257 cm³/mol. The Labute approximate surface area is 400 Å². The number of halogens is 4. The number of piperazine rings is 1. The standard InChI is InChI=1S/C48H55ClF3N5O7S3/c1-47(34-58)20-17-43(35-7-11-38(49)12-8-35)37(32-47)33-56-22-24-57(25-23-56)40-13-9-36(10-14-40)46(59)54-67(62,63)42-15-16-44(45(31-42)66(60,61)48(50,51)52)53-39(18-21-55-26-28-64-29-27-55)19-30-65-41-5-3-2-4-6-41/h2-16,31,34,39,53H,17-30,32-33H2,1H3,(H,54,59)/t39-,47?/m1/s1. The zero-order valence-electron chi connectivity index (χ0n) is 37.1. The van der Waals surface area contributed by atoms with Gasteiger partial charge in [0.15, 0.2) is 0 Å². The van der Waals surface area contributed by atoms with Crippen molar-refractivity contribution >= 4 is 72.4 Å². The monoisotopic (exact) mass is 1000 g/mol. The second-order valence-corrected chi connectivity index (χ2v) is 22.6. The topological polar surface area (TPSA) is 145 Å². The number of sulfone groups is 1. The minimum atomic E-state index is -6.06. The fourth-order valence-electron chi connectivity index (χ4n) is 8.66. The molecule has 360 valence electrons. The molecular formula is C48H55ClF3N5O7S3. The molecule has 0 radical (unpaired) electrons. The lowest BCUT2D eigenvalue weighted by Crippen LogP contribution is -2.47. The van der Waals surface area contributed by atoms with Crippen LogP contribution in [0.2, 0.25) is 5.02 Å². The Hall–Kier alpha value is -4.43. The number of carbonyl (C=O) groups excluding carboxylic acids is 2. The van der Waals surface area contributed by atoms with Gasteiger partial charge < -0.3 is 19.7 Å². The van der Waals surface area contributed by atoms with Crippen molar-refractivity contribution in [2.24, 2.45) is 5.41 Å². The summed E-state index contributed by atoms with van der Waals surface area (Å²) in [6.07, 6.45) is 4.23. The number of nitrogens with one attached hydrogen (secondary N) is 2. The van der Waals surface area contributed by atoms with E-state index in [4.69, 9.17) is 16.3 Å². The van der Waals surface area contributed by atoms with Crippen LogP contribution in [0.5, 0.6) is 0 Å². The average Bonchev–Trinajstić information content (AvgIpc) is 3.31. The Morgan fingerprint density at radius 1 is 0.881 bits per heavy atom. The van der Waals surface area contributed by atoms with Gasteiger partial charge >= 0.3 is 5.51 Å². The van der Waals surface area contributed by atoms with E-state index in [1.165, 1.54) is 23.3 Å². The molecule has 0 saturated carbocycles. The van der Waals surface area contributed by atoms with E-state index >= 15 is 0 Å². The van der Waals surface area contributed by atoms with Gasteiger partial charge in [-0.2, -0.15) is 13.2 Å². The van der Waals surface area contributed by atoms with Crippen LogP contribution in [0.3, 0.4) is 0 Å². The SMILES string of the molecule is CC1(C=O)CCC(c2ccc(Cl)cc2)=C(CN2CCN(c3ccc(C(=O)NS(=O)(=O)c4ccc(N[C@@H](CCSc5ccccc5)CCN5CCOCC5)c(S(=O)(=O)C(F)(F)F)c4)cc3)CC2)C1. The summed E-state index contributed by atoms with van der Waals surface area (Å²) in [6, 6.07) is 25.6. The predicted octanol–water partition coefficient (Wildman–Crippen LogP) is 8.40. The van der Waals surface area contributed by atoms with E-state index < -0.39 is 58.2 Å². The van der Waals surface area contributed by atoms with Crippen molar-refractivity contribution in [3.05, 3.63) is 119 Å². The van der Waals surface area contributed by atoms with E-state index in [9.17, 15) is 39.6 Å². The second-order valence-electron chi connectivity index (χ2n) is 17.4. The van der Waals surface area contributed by atoms with Crippen LogP contribution in [0.25, 0.3) is 5.57 Å². The highest BCUT2D eigenvalue weighted by Gasteiger charge is 2.48. The fraction of sp³-hybridized carbons (Fsp3) is 0.417. The zero-order valence-corrected chi connectivity index (χ0v) is 40.3. The highest BCUT2D eigenvalue weighted by atomic mass is 35.5. The van der Waals surface area contributed by atoms with E-state index in [1.54, 1.807) is 23.9 Å². The third kappa shape index (κ3) is 13.0. The molecule has 4 aromatic carbocycles. The minimum absolute atomic E-state index is 0.0268. The van der Waals surface area contributed by atoms with Crippen LogP contribution in [0, 0.1) is 5.41 Å². The van der Waals surface area contributed by atoms with Gasteiger partial charge in [-0.25, -0.2) is 21.6 Å². The number of benzene rings is 4. The molecule has 0 bridgehead atoms. The van der Waals surface area contributed by atoms with Crippen LogP contribution in [0.1, 0.15) is 54.9 Å². The van der Waals surface area contributed by atoms with Crippen molar-refractivity contribution in [1.29, 1.82) is 0 Å². The molecule has 0 spiro atoms. The molecule has 19 heteroatoms. The summed E-state index contributed by atoms with van der Waals surface area (Å²) in [5, 5.41) is 3.67. The number of sulfonamides is 1. The van der Waals surface area contributed by atoms with Crippen LogP contribution in [-0.4, -0.2) is 122 Å². The molecule has 7 rings (SSSR count). The van der Waals surface area contributed by atoms with E-state index in [2.05, 4.69) is 20.0 Å². The molecular weight excluding hydrogens is 947 g/mol. The lowest BCUT2D eigenvalue weighted by molar-refractivity contribution is -0.115. The molecule has 1 aliphatic carbocycles. The second kappa shape index (κ2) is 21.9. The number of anilines is 2. The number of ether oxygens (including phenoxy) is 1. The number of hydrogen-bond donors (Lipinski definition) is 2. The number of thioether (sulfide) groups is 1. The van der Waals surface area contributed by atoms with Crippen LogP contribution in [0.4, 0.5) is 24.5 Å². The molecule has 3 aliphatic rings. The molecule has 12 nitrogen and oxygen atoms in total. The Morgan fingerprint density at radius 2 is 1.57 bits per heavy atom. The van der Waals surface area contributed by atoms with Crippen molar-refractivity contribution in [1.82, 2.24) is 14.5 Å². The summed E-state index contributed by atoms with van der Waals surface area (Å²) in [5.74, 6) is -0.477. The number of allylic oxidation sites excluding steroid dienone is 1. The first-order chi connectivity index (χ1) is 31.9. The molecule has 2 saturated heterocycles. The van der Waals surface area contributed by atoms with Crippen LogP contribution in [-0.2, 0) is 29.4 Å². The van der Waals surface area contributed by atoms with Crippen LogP contribution >= 0.6 is 23.4 Å². The third-order valence-corrected chi connectivity index (χ3v) is 16.7. The van der Waals surface area contributed by atoms with Crippen LogP contribution in [0.15, 0.2) is 117 Å². The van der Waals surface area contributed by atoms with E-state index in [1.807, 2.05) is 66.2 Å². The summed E-state index contributed by atoms with van der Waals surface area (Å²) in [6.45, 7) is 8.55. The molecule has 2 fully saturated rings. The number of carbonyl (C=O) groups is 2. The first-order valence-corrected chi connectivity index (χ1v) is 26.5. The number of nitrogens with zero attached hydrogens (tertiary/aromatic N) is 3. The molecule has 1 unspecified atom stereocenters. The smallest absolute Gasteiger partial charge is 0.381 e. The summed E-state index contributed by atoms with van der Waals surface area (Å²) in [5.41, 5.74) is -2.19. The summed E-state index contributed by atoms with van der Waals surface area (Å²) in [4.78, 5) is 31.0. The number of rotatable bonds is 18. The first kappa shape index (κ1) is 50.4. The summed E-state index contributed by atoms with van der Waals surface area (Å²) in [7, 11) is -10.9. The summed E-state index contributed by atoms with van der Waals surface area (Å²) < 4.78 is 103. The van der Waals surface area contributed by atoms with Crippen molar-refractivity contribution in [3.8, 4) is 0 Å². The maximum absolute atomic E-state index is 14.2. The van der Waals surface area contributed by atoms with Gasteiger partial charge in [0.2, 0.25) is 0 Å². The van der Waals surface area contributed by atoms with Crippen molar-refractivity contribution < 1.29 is 44.3 Å². The lowest BCUT2D eigenvalue weighted by Gasteiger charge is -2.39. The summed E-state index contributed by atoms with van der Waals surface area (Å²) >= 11 is 7.72. The Morgan fingerprint density at radius 3 is 2.22 bits per heavy atom. The van der Waals surface area contributed by atoms with Gasteiger partial charge in [0.25, 0.3) is 25.8 Å². The Balaban J connectivity index is 1.01. The van der Waals surface area contributed by atoms with E-state index in [-0.39, 0.29) is 5.56 Å². The lowest BCUT2D eigenvalue weighted by atomic mass is 9.72. The molecule has 4 aromatic rings. The highest BCUT2D eigenvalue weighted by Crippen LogP contribution is 2.42. The molecule has 2 heterocycles. The number of alkyl halides is 3. The largest absolute Gasteiger partial charge is 0.501 e. The minimum Gasteiger partial charge on any atom is -0.381 e. The van der Waals surface area contributed by atoms with Crippen molar-refractivity contribution in [2.75, 3.05) is 81.5 Å². The van der Waals surface area contributed by atoms with Gasteiger partial charge in [-0.1, -0.05) is 54.4 Å². The first-order valence-electron chi connectivity index (χ1n) is 22.2. The van der Waals surface area contributed by atoms with Gasteiger partial charge in [-0.05, 0) is 116 Å². The Kier molecular flexibility index (Phi) is 16.5. The molecule has 2 atom stereocenters. The molecule has 67 heavy (non-hydrogen) atoms. The maximum Gasteiger partial charge on any atom is 0.501 e. The molecule has 0 aromatic heterocycles. The van der Waals surface area contributed by atoms with Gasteiger partial charge in [0.1, 0.15) is 11.2 Å². The molecule has 1 amide bonds. The Bertz CT molecular complexity index is 2610. The van der Waals surface area contributed by atoms with Gasteiger partial charge in [-0.15, -0.1) is 11.8 Å². The van der Waals surface area contributed by atoms with Crippen molar-refractivity contribution in [2.45, 2.75) is 65.3 Å². The highest BCUT2D eigenvalue weighted by molar-refractivity contribution is 7.99. The molecule has 2 N–H and O–H groups in total. The third-order valence-electron chi connectivity index (χ3n) is 12.6. The quantitative estimate of drug-likeness (QED) is 0.0730. The number of aldehydes is 1. The number of amides is 1. The van der Waals surface area contributed by atoms with E-state index in [0.717, 1.165) is 67.0 Å². The fourth-order valence-corrected chi connectivity index (χ4v) is 11.8. The average molecular weight is 1000 g/mol. The number of morpholine rings is 1. The van der Waals surface area contributed by atoms with Crippen LogP contribution < -0.4 is 14.9 Å². The maximum atomic E-state index is 14.2. The van der Waals surface area contributed by atoms with Gasteiger partial charge in [0, 0.05) is 85.0 Å². The zero-order chi connectivity index (χ0) is 47.8. The van der Waals surface area contributed by atoms with Gasteiger partial charge in [-0.3, -0.25) is 14.6 Å². The molecule has 2 aliphatic heterocycles. The number of hydrogen-bond acceptors (Lipinski definition) is 12.